The fourth-order valence-electron chi connectivity index (χ4n) is 3.04. The number of rotatable bonds is 11. The Morgan fingerprint density at radius 1 is 1.31 bits per heavy atom. The first-order valence-corrected chi connectivity index (χ1v) is 10.4. The van der Waals surface area contributed by atoms with E-state index in [1.54, 1.807) is 12.3 Å². The van der Waals surface area contributed by atoms with Crippen LogP contribution in [-0.2, 0) is 24.3 Å². The molecule has 6 nitrogen and oxygen atoms in total. The van der Waals surface area contributed by atoms with Crippen LogP contribution in [0.15, 0.2) is 24.4 Å². The Hall–Kier alpha value is -2.35. The number of nitrogens with one attached hydrogen (secondary N) is 1. The Morgan fingerprint density at radius 2 is 2.07 bits per heavy atom. The maximum atomic E-state index is 14.1. The van der Waals surface area contributed by atoms with E-state index in [9.17, 15) is 14.0 Å². The van der Waals surface area contributed by atoms with Gasteiger partial charge in [0.1, 0.15) is 11.6 Å². The van der Waals surface area contributed by atoms with Gasteiger partial charge >= 0.3 is 5.97 Å². The van der Waals surface area contributed by atoms with Gasteiger partial charge in [0, 0.05) is 13.0 Å². The molecule has 0 saturated carbocycles. The highest BCUT2D eigenvalue weighted by Crippen LogP contribution is 2.16. The number of aromatic carboxylic acids is 1. The predicted molar refractivity (Wildman–Crippen MR) is 113 cm³/mol. The van der Waals surface area contributed by atoms with Crippen LogP contribution in [0.1, 0.15) is 67.0 Å². The van der Waals surface area contributed by atoms with Gasteiger partial charge < -0.3 is 15.0 Å². The summed E-state index contributed by atoms with van der Waals surface area (Å²) in [5.74, 6) is -1.33. The van der Waals surface area contributed by atoms with Crippen LogP contribution in [0.2, 0.25) is 0 Å². The number of amides is 1. The summed E-state index contributed by atoms with van der Waals surface area (Å²) in [5, 5.41) is 11.5. The molecule has 29 heavy (non-hydrogen) atoms. The number of hydrogen-bond acceptors (Lipinski definition) is 4. The number of hydrogen-bond donors (Lipinski definition) is 3. The van der Waals surface area contributed by atoms with Crippen LogP contribution < -0.4 is 5.32 Å². The highest BCUT2D eigenvalue weighted by molar-refractivity contribution is 7.81. The third-order valence-corrected chi connectivity index (χ3v) is 5.18. The average molecular weight is 422 g/mol. The first-order chi connectivity index (χ1) is 13.9. The number of thiol groups is 1. The minimum atomic E-state index is -1.29. The van der Waals surface area contributed by atoms with Gasteiger partial charge in [-0.25, -0.2) is 14.2 Å². The zero-order valence-corrected chi connectivity index (χ0v) is 17.7. The molecule has 1 unspecified atom stereocenters. The Balaban J connectivity index is 2.21. The normalized spacial score (nSPS) is 12.0. The van der Waals surface area contributed by atoms with Crippen molar-refractivity contribution in [1.29, 1.82) is 0 Å². The number of halogens is 1. The molecule has 1 aromatic carbocycles. The van der Waals surface area contributed by atoms with E-state index in [1.165, 1.54) is 12.1 Å². The topological polar surface area (TPSA) is 84.2 Å². The smallest absolute Gasteiger partial charge is 0.338 e. The van der Waals surface area contributed by atoms with E-state index in [0.29, 0.717) is 25.1 Å². The summed E-state index contributed by atoms with van der Waals surface area (Å²) in [6, 6.07) is 4.11. The van der Waals surface area contributed by atoms with Crippen molar-refractivity contribution in [3.63, 3.8) is 0 Å². The second-order valence-corrected chi connectivity index (χ2v) is 7.62. The van der Waals surface area contributed by atoms with Crippen molar-refractivity contribution in [3.8, 4) is 0 Å². The Morgan fingerprint density at radius 3 is 2.69 bits per heavy atom. The molecule has 0 fully saturated rings. The van der Waals surface area contributed by atoms with E-state index in [4.69, 9.17) is 5.11 Å². The van der Waals surface area contributed by atoms with Crippen LogP contribution in [0.4, 0.5) is 4.39 Å². The number of carboxylic acid groups (broad SMARTS) is 1. The fraction of sp³-hybridized carbons (Fsp3) is 0.476. The van der Waals surface area contributed by atoms with Crippen LogP contribution in [0.3, 0.4) is 0 Å². The molecule has 0 spiro atoms. The molecule has 0 aliphatic carbocycles. The predicted octanol–water partition coefficient (Wildman–Crippen LogP) is 3.83. The zero-order valence-electron chi connectivity index (χ0n) is 16.8. The van der Waals surface area contributed by atoms with Gasteiger partial charge in [-0.2, -0.15) is 12.6 Å². The van der Waals surface area contributed by atoms with E-state index in [2.05, 4.69) is 29.9 Å². The van der Waals surface area contributed by atoms with Crippen molar-refractivity contribution < 1.29 is 19.1 Å². The summed E-state index contributed by atoms with van der Waals surface area (Å²) in [6.07, 6.45) is 6.04. The molecular formula is C21H28FN3O3S. The minimum Gasteiger partial charge on any atom is -0.478 e. The number of aryl methyl sites for hydroxylation is 1. The quantitative estimate of drug-likeness (QED) is 0.482. The molecule has 1 amide bonds. The molecule has 0 bridgehead atoms. The van der Waals surface area contributed by atoms with Gasteiger partial charge in [-0.15, -0.1) is 0 Å². The number of carboxylic acids is 1. The summed E-state index contributed by atoms with van der Waals surface area (Å²) >= 11 is 4.32. The van der Waals surface area contributed by atoms with Crippen LogP contribution in [0.5, 0.6) is 0 Å². The maximum absolute atomic E-state index is 14.1. The largest absolute Gasteiger partial charge is 0.478 e. The summed E-state index contributed by atoms with van der Waals surface area (Å²) < 4.78 is 16.0. The summed E-state index contributed by atoms with van der Waals surface area (Å²) in [4.78, 5) is 27.7. The highest BCUT2D eigenvalue weighted by Gasteiger charge is 2.16. The van der Waals surface area contributed by atoms with Gasteiger partial charge in [-0.05, 0) is 30.5 Å². The number of nitrogens with zero attached hydrogens (tertiary/aromatic N) is 2. The lowest BCUT2D eigenvalue weighted by Crippen LogP contribution is -2.31. The zero-order chi connectivity index (χ0) is 21.4. The molecule has 0 saturated heterocycles. The number of unbranched alkanes of at least 4 members (excludes halogenated alkanes) is 1. The standard InChI is InChI=1S/C21H28FN3O3S/c1-3-5-7-19-23-11-15(12-24-20(26)18(29)6-4-2)25(19)13-14-8-9-16(21(27)28)17(22)10-14/h8-11,18,29H,3-7,12-13H2,1-2H3,(H,24,26)(H,27,28). The molecule has 0 aliphatic heterocycles. The molecule has 158 valence electrons. The second-order valence-electron chi connectivity index (χ2n) is 7.00. The maximum Gasteiger partial charge on any atom is 0.338 e. The van der Waals surface area contributed by atoms with Gasteiger partial charge in [0.25, 0.3) is 0 Å². The Bertz CT molecular complexity index is 854. The minimum absolute atomic E-state index is 0.130. The van der Waals surface area contributed by atoms with Gasteiger partial charge in [-0.1, -0.05) is 32.8 Å². The van der Waals surface area contributed by atoms with E-state index in [1.807, 2.05) is 11.5 Å². The SMILES string of the molecule is CCCCc1ncc(CNC(=O)C(S)CCC)n1Cc1ccc(C(=O)O)c(F)c1. The van der Waals surface area contributed by atoms with Crippen LogP contribution in [0.25, 0.3) is 0 Å². The molecule has 0 radical (unpaired) electrons. The number of aromatic nitrogens is 2. The van der Waals surface area contributed by atoms with Crippen LogP contribution >= 0.6 is 12.6 Å². The molecule has 2 rings (SSSR count). The Kier molecular flexibility index (Phi) is 8.70. The molecule has 2 aromatic rings. The first-order valence-electron chi connectivity index (χ1n) is 9.88. The van der Waals surface area contributed by atoms with Crippen molar-refractivity contribution in [2.24, 2.45) is 0 Å². The second kappa shape index (κ2) is 11.0. The van der Waals surface area contributed by atoms with Gasteiger partial charge in [0.05, 0.1) is 29.2 Å². The van der Waals surface area contributed by atoms with Gasteiger partial charge in [0.15, 0.2) is 0 Å². The van der Waals surface area contributed by atoms with Crippen molar-refractivity contribution >= 4 is 24.5 Å². The first kappa shape index (κ1) is 22.9. The lowest BCUT2D eigenvalue weighted by Gasteiger charge is -2.15. The van der Waals surface area contributed by atoms with Crippen molar-refractivity contribution in [2.45, 2.75) is 64.3 Å². The van der Waals surface area contributed by atoms with Gasteiger partial charge in [0.2, 0.25) is 5.91 Å². The van der Waals surface area contributed by atoms with E-state index >= 15 is 0 Å². The van der Waals surface area contributed by atoms with E-state index < -0.39 is 11.8 Å². The number of carbonyl (C=O) groups is 2. The summed E-state index contributed by atoms with van der Waals surface area (Å²) in [5.41, 5.74) is 1.09. The number of carbonyl (C=O) groups excluding carboxylic acids is 1. The molecule has 2 N–H and O–H groups in total. The monoisotopic (exact) mass is 421 g/mol. The Labute approximate surface area is 175 Å². The fourth-order valence-corrected chi connectivity index (χ4v) is 3.38. The van der Waals surface area contributed by atoms with Gasteiger partial charge in [-0.3, -0.25) is 4.79 Å². The molecule has 1 atom stereocenters. The number of benzene rings is 1. The molecule has 8 heteroatoms. The molecular weight excluding hydrogens is 393 g/mol. The van der Waals surface area contributed by atoms with E-state index in [0.717, 1.165) is 37.2 Å². The third kappa shape index (κ3) is 6.32. The molecule has 1 heterocycles. The lowest BCUT2D eigenvalue weighted by atomic mass is 10.1. The van der Waals surface area contributed by atoms with Crippen molar-refractivity contribution in [1.82, 2.24) is 14.9 Å². The molecule has 1 aromatic heterocycles. The number of imidazole rings is 1. The van der Waals surface area contributed by atoms with Crippen molar-refractivity contribution in [3.05, 3.63) is 52.9 Å². The lowest BCUT2D eigenvalue weighted by molar-refractivity contribution is -0.120. The summed E-state index contributed by atoms with van der Waals surface area (Å²) in [6.45, 7) is 4.74. The highest BCUT2D eigenvalue weighted by atomic mass is 32.1. The van der Waals surface area contributed by atoms with Crippen molar-refractivity contribution in [2.75, 3.05) is 0 Å². The van der Waals surface area contributed by atoms with E-state index in [-0.39, 0.29) is 16.7 Å². The summed E-state index contributed by atoms with van der Waals surface area (Å²) in [7, 11) is 0. The molecule has 0 aliphatic rings. The average Bonchev–Trinajstić information content (AvgIpc) is 3.05. The van der Waals surface area contributed by atoms with Crippen LogP contribution in [-0.4, -0.2) is 31.8 Å². The third-order valence-electron chi connectivity index (χ3n) is 4.69. The van der Waals surface area contributed by atoms with Crippen LogP contribution in [0, 0.1) is 5.82 Å².